The maximum Gasteiger partial charge on any atom is 0.238 e. The van der Waals surface area contributed by atoms with Crippen LogP contribution in [-0.2, 0) is 9.59 Å². The number of anilines is 2. The van der Waals surface area contributed by atoms with E-state index < -0.39 is 5.82 Å². The number of carbonyl (C=O) groups is 2. The summed E-state index contributed by atoms with van der Waals surface area (Å²) in [7, 11) is 1.66. The molecule has 0 heterocycles. The second-order valence-corrected chi connectivity index (χ2v) is 6.85. The number of benzene rings is 2. The topological polar surface area (TPSA) is 61.4 Å². The van der Waals surface area contributed by atoms with Crippen LogP contribution in [0.3, 0.4) is 0 Å². The smallest absolute Gasteiger partial charge is 0.238 e. The predicted molar refractivity (Wildman–Crippen MR) is 104 cm³/mol. The van der Waals surface area contributed by atoms with E-state index in [-0.39, 0.29) is 29.9 Å². The molecule has 0 atom stereocenters. The van der Waals surface area contributed by atoms with E-state index in [1.54, 1.807) is 11.9 Å². The van der Waals surface area contributed by atoms with Crippen molar-refractivity contribution in [2.45, 2.75) is 4.90 Å². The molecule has 0 fully saturated rings. The van der Waals surface area contributed by atoms with Crippen LogP contribution < -0.4 is 10.6 Å². The Morgan fingerprint density at radius 3 is 2.31 bits per heavy atom. The summed E-state index contributed by atoms with van der Waals surface area (Å²) >= 11 is 7.42. The average molecular weight is 396 g/mol. The number of halogens is 2. The molecule has 2 aromatic rings. The molecule has 0 bridgehead atoms. The van der Waals surface area contributed by atoms with Crippen molar-refractivity contribution in [1.82, 2.24) is 4.90 Å². The van der Waals surface area contributed by atoms with Crippen LogP contribution in [-0.4, -0.2) is 43.1 Å². The highest BCUT2D eigenvalue weighted by Crippen LogP contribution is 2.24. The van der Waals surface area contributed by atoms with Gasteiger partial charge in [-0.1, -0.05) is 23.7 Å². The molecule has 0 radical (unpaired) electrons. The molecule has 8 heteroatoms. The number of likely N-dealkylation sites (N-methyl/N-ethyl adjacent to an activating group) is 1. The zero-order valence-electron chi connectivity index (χ0n) is 14.4. The van der Waals surface area contributed by atoms with Crippen LogP contribution in [0.25, 0.3) is 0 Å². The second-order valence-electron chi connectivity index (χ2n) is 5.59. The molecule has 2 rings (SSSR count). The average Bonchev–Trinajstić information content (AvgIpc) is 2.57. The molecule has 0 saturated heterocycles. The van der Waals surface area contributed by atoms with Crippen LogP contribution in [0.15, 0.2) is 47.4 Å². The molecule has 0 aliphatic heterocycles. The Morgan fingerprint density at radius 1 is 1.08 bits per heavy atom. The van der Waals surface area contributed by atoms with Crippen LogP contribution in [0.5, 0.6) is 0 Å². The second kappa shape index (κ2) is 9.56. The largest absolute Gasteiger partial charge is 0.324 e. The lowest BCUT2D eigenvalue weighted by molar-refractivity contribution is -0.119. The van der Waals surface area contributed by atoms with E-state index >= 15 is 0 Å². The first-order valence-corrected chi connectivity index (χ1v) is 9.35. The maximum absolute atomic E-state index is 13.0. The Morgan fingerprint density at radius 2 is 1.69 bits per heavy atom. The fourth-order valence-corrected chi connectivity index (χ4v) is 3.03. The van der Waals surface area contributed by atoms with E-state index in [9.17, 15) is 14.0 Å². The van der Waals surface area contributed by atoms with Crippen LogP contribution in [0.2, 0.25) is 5.02 Å². The summed E-state index contributed by atoms with van der Waals surface area (Å²) in [5.41, 5.74) is 1.06. The van der Waals surface area contributed by atoms with Gasteiger partial charge in [-0.15, -0.1) is 11.8 Å². The molecule has 26 heavy (non-hydrogen) atoms. The van der Waals surface area contributed by atoms with Crippen LogP contribution in [0, 0.1) is 5.82 Å². The van der Waals surface area contributed by atoms with E-state index in [4.69, 9.17) is 11.6 Å². The van der Waals surface area contributed by atoms with E-state index in [1.807, 2.05) is 30.5 Å². The van der Waals surface area contributed by atoms with Crippen LogP contribution >= 0.6 is 23.4 Å². The van der Waals surface area contributed by atoms with Gasteiger partial charge < -0.3 is 10.6 Å². The molecule has 0 aromatic heterocycles. The third-order valence-corrected chi connectivity index (χ3v) is 4.52. The Balaban J connectivity index is 1.86. The van der Waals surface area contributed by atoms with E-state index in [0.29, 0.717) is 5.69 Å². The Bertz CT molecular complexity index is 804. The molecule has 2 N–H and O–H groups in total. The van der Waals surface area contributed by atoms with Crippen molar-refractivity contribution in [2.24, 2.45) is 0 Å². The maximum atomic E-state index is 13.0. The van der Waals surface area contributed by atoms with Gasteiger partial charge in [-0.05, 0) is 43.6 Å². The molecule has 0 saturated carbocycles. The third kappa shape index (κ3) is 6.01. The molecule has 0 unspecified atom stereocenters. The lowest BCUT2D eigenvalue weighted by Crippen LogP contribution is -2.36. The van der Waals surface area contributed by atoms with Crippen LogP contribution in [0.1, 0.15) is 0 Å². The minimum absolute atomic E-state index is 0.00863. The van der Waals surface area contributed by atoms with Crippen molar-refractivity contribution in [3.8, 4) is 0 Å². The van der Waals surface area contributed by atoms with E-state index in [2.05, 4.69) is 10.6 Å². The first kappa shape index (κ1) is 20.2. The lowest BCUT2D eigenvalue weighted by atomic mass is 10.3. The molecule has 2 aromatic carbocycles. The molecule has 0 aliphatic carbocycles. The first-order valence-electron chi connectivity index (χ1n) is 7.75. The van der Waals surface area contributed by atoms with Gasteiger partial charge in [0.15, 0.2) is 0 Å². The fraction of sp³-hybridized carbons (Fsp3) is 0.222. The minimum Gasteiger partial charge on any atom is -0.324 e. The van der Waals surface area contributed by atoms with Crippen molar-refractivity contribution < 1.29 is 14.0 Å². The highest BCUT2D eigenvalue weighted by atomic mass is 35.5. The van der Waals surface area contributed by atoms with E-state index in [0.717, 1.165) is 16.6 Å². The number of thioether (sulfide) groups is 1. The molecule has 5 nitrogen and oxygen atoms in total. The standard InChI is InChI=1S/C18H19ClFN3O2S/c1-23(10-17(24)21-14-8-7-12(20)9-13(14)19)11-18(25)22-15-5-3-4-6-16(15)26-2/h3-9H,10-11H2,1-2H3,(H,21,24)(H,22,25). The number of amides is 2. The van der Waals surface area contributed by atoms with Gasteiger partial charge in [0, 0.05) is 4.90 Å². The van der Waals surface area contributed by atoms with Gasteiger partial charge >= 0.3 is 0 Å². The predicted octanol–water partition coefficient (Wildman–Crippen LogP) is 3.71. The third-order valence-electron chi connectivity index (χ3n) is 3.41. The van der Waals surface area contributed by atoms with Gasteiger partial charge in [0.1, 0.15) is 5.82 Å². The van der Waals surface area contributed by atoms with Crippen molar-refractivity contribution in [3.05, 3.63) is 53.3 Å². The molecule has 0 aliphatic rings. The SMILES string of the molecule is CSc1ccccc1NC(=O)CN(C)CC(=O)Nc1ccc(F)cc1Cl. The normalized spacial score (nSPS) is 10.7. The summed E-state index contributed by atoms with van der Waals surface area (Å²) in [6, 6.07) is 11.2. The number of hydrogen-bond acceptors (Lipinski definition) is 4. The number of rotatable bonds is 7. The van der Waals surface area contributed by atoms with Crippen LogP contribution in [0.4, 0.5) is 15.8 Å². The van der Waals surface area contributed by atoms with Gasteiger partial charge in [0.05, 0.1) is 29.5 Å². The monoisotopic (exact) mass is 395 g/mol. The Hall–Kier alpha value is -2.09. The summed E-state index contributed by atoms with van der Waals surface area (Å²) in [4.78, 5) is 26.8. The van der Waals surface area contributed by atoms with Gasteiger partial charge in [-0.2, -0.15) is 0 Å². The molecule has 2 amide bonds. The zero-order chi connectivity index (χ0) is 19.1. The number of nitrogens with one attached hydrogen (secondary N) is 2. The number of nitrogens with zero attached hydrogens (tertiary/aromatic N) is 1. The van der Waals surface area contributed by atoms with Crippen molar-refractivity contribution in [1.29, 1.82) is 0 Å². The Kier molecular flexibility index (Phi) is 7.44. The molecular formula is C18H19ClFN3O2S. The summed E-state index contributed by atoms with van der Waals surface area (Å²) in [6.07, 6.45) is 1.93. The summed E-state index contributed by atoms with van der Waals surface area (Å²) < 4.78 is 13.0. The van der Waals surface area contributed by atoms with Crippen molar-refractivity contribution in [3.63, 3.8) is 0 Å². The quantitative estimate of drug-likeness (QED) is 0.701. The van der Waals surface area contributed by atoms with Gasteiger partial charge in [-0.25, -0.2) is 4.39 Å². The van der Waals surface area contributed by atoms with Crippen molar-refractivity contribution >= 4 is 46.6 Å². The van der Waals surface area contributed by atoms with Gasteiger partial charge in [0.25, 0.3) is 0 Å². The molecule has 0 spiro atoms. The minimum atomic E-state index is -0.479. The summed E-state index contributed by atoms with van der Waals surface area (Å²) in [6.45, 7) is 0.0403. The fourth-order valence-electron chi connectivity index (χ4n) is 2.26. The zero-order valence-corrected chi connectivity index (χ0v) is 16.0. The van der Waals surface area contributed by atoms with Gasteiger partial charge in [0.2, 0.25) is 11.8 Å². The van der Waals surface area contributed by atoms with E-state index in [1.165, 1.54) is 23.9 Å². The molecular weight excluding hydrogens is 377 g/mol. The lowest BCUT2D eigenvalue weighted by Gasteiger charge is -2.17. The number of carbonyl (C=O) groups excluding carboxylic acids is 2. The first-order chi connectivity index (χ1) is 12.4. The summed E-state index contributed by atoms with van der Waals surface area (Å²) in [5, 5.41) is 5.55. The highest BCUT2D eigenvalue weighted by Gasteiger charge is 2.13. The number of hydrogen-bond donors (Lipinski definition) is 2. The highest BCUT2D eigenvalue weighted by molar-refractivity contribution is 7.98. The van der Waals surface area contributed by atoms with Gasteiger partial charge in [-0.3, -0.25) is 14.5 Å². The Labute approximate surface area is 160 Å². The van der Waals surface area contributed by atoms with Crippen molar-refractivity contribution in [2.75, 3.05) is 37.0 Å². The number of para-hydroxylation sites is 1. The molecule has 138 valence electrons. The summed E-state index contributed by atoms with van der Waals surface area (Å²) in [5.74, 6) is -1.05.